The average Bonchev–Trinajstić information content (AvgIpc) is 2.72. The molecule has 0 aliphatic heterocycles. The van der Waals surface area contributed by atoms with Crippen molar-refractivity contribution in [1.29, 1.82) is 0 Å². The fourth-order valence-corrected chi connectivity index (χ4v) is 3.75. The maximum atomic E-state index is 13.0. The van der Waals surface area contributed by atoms with Gasteiger partial charge in [0.05, 0.1) is 21.9 Å². The highest BCUT2D eigenvalue weighted by Crippen LogP contribution is 2.30. The first-order chi connectivity index (χ1) is 14.3. The van der Waals surface area contributed by atoms with E-state index in [0.717, 1.165) is 0 Å². The zero-order valence-corrected chi connectivity index (χ0v) is 18.4. The van der Waals surface area contributed by atoms with Crippen molar-refractivity contribution in [2.24, 2.45) is 5.10 Å². The number of halogens is 3. The molecule has 0 aliphatic carbocycles. The molecule has 0 saturated heterocycles. The van der Waals surface area contributed by atoms with Gasteiger partial charge in [0, 0.05) is 15.6 Å². The smallest absolute Gasteiger partial charge is 0.273 e. The summed E-state index contributed by atoms with van der Waals surface area (Å²) in [5.41, 5.74) is 3.45. The highest BCUT2D eigenvalue weighted by molar-refractivity contribution is 9.11. The number of phenols is 1. The predicted octanol–water partition coefficient (Wildman–Crippen LogP) is 5.07. The summed E-state index contributed by atoms with van der Waals surface area (Å²) in [6, 6.07) is 14.8. The van der Waals surface area contributed by atoms with Gasteiger partial charge in [-0.05, 0) is 64.5 Å². The van der Waals surface area contributed by atoms with E-state index in [9.17, 15) is 19.1 Å². The largest absolute Gasteiger partial charge is 0.506 e. The van der Waals surface area contributed by atoms with Gasteiger partial charge in [0.2, 0.25) is 0 Å². The molecule has 0 spiro atoms. The maximum Gasteiger partial charge on any atom is 0.273 e. The lowest BCUT2D eigenvalue weighted by atomic mass is 10.1. The van der Waals surface area contributed by atoms with Crippen LogP contribution in [0.25, 0.3) is 0 Å². The molecule has 30 heavy (non-hydrogen) atoms. The van der Waals surface area contributed by atoms with Crippen LogP contribution in [0, 0.1) is 5.82 Å². The maximum absolute atomic E-state index is 13.0. The van der Waals surface area contributed by atoms with Crippen LogP contribution in [-0.2, 0) is 0 Å². The van der Waals surface area contributed by atoms with Crippen LogP contribution in [-0.4, -0.2) is 23.1 Å². The number of hydrogen-bond acceptors (Lipinski definition) is 4. The minimum Gasteiger partial charge on any atom is -0.506 e. The predicted molar refractivity (Wildman–Crippen MR) is 119 cm³/mol. The van der Waals surface area contributed by atoms with E-state index in [1.54, 1.807) is 30.3 Å². The van der Waals surface area contributed by atoms with E-state index in [4.69, 9.17) is 0 Å². The van der Waals surface area contributed by atoms with Gasteiger partial charge in [0.15, 0.2) is 0 Å². The summed E-state index contributed by atoms with van der Waals surface area (Å²) in [6.07, 6.45) is 1.29. The van der Waals surface area contributed by atoms with Crippen molar-refractivity contribution in [3.8, 4) is 5.75 Å². The third-order valence-electron chi connectivity index (χ3n) is 3.95. The summed E-state index contributed by atoms with van der Waals surface area (Å²) >= 11 is 6.53. The van der Waals surface area contributed by atoms with E-state index >= 15 is 0 Å². The number of para-hydroxylation sites is 1. The molecule has 0 heterocycles. The Bertz CT molecular complexity index is 1130. The average molecular weight is 535 g/mol. The molecule has 3 rings (SSSR count). The number of anilines is 1. The van der Waals surface area contributed by atoms with Crippen LogP contribution in [0.15, 0.2) is 74.7 Å². The molecule has 0 unspecified atom stereocenters. The van der Waals surface area contributed by atoms with Gasteiger partial charge in [-0.1, -0.05) is 28.1 Å². The molecule has 152 valence electrons. The van der Waals surface area contributed by atoms with E-state index in [1.807, 2.05) is 0 Å². The second kappa shape index (κ2) is 9.64. The molecule has 0 aliphatic rings. The molecule has 3 aromatic carbocycles. The minimum atomic E-state index is -0.560. The zero-order chi connectivity index (χ0) is 21.7. The molecule has 0 bridgehead atoms. The Labute approximate surface area is 188 Å². The number of aromatic hydroxyl groups is 1. The molecular formula is C21H14Br2FN3O3. The van der Waals surface area contributed by atoms with Gasteiger partial charge in [-0.3, -0.25) is 9.59 Å². The van der Waals surface area contributed by atoms with Crippen LogP contribution < -0.4 is 10.7 Å². The number of carbonyl (C=O) groups excluding carboxylic acids is 2. The Balaban J connectivity index is 1.74. The molecule has 0 atom stereocenters. The number of hydrazone groups is 1. The third-order valence-corrected chi connectivity index (χ3v) is 5.02. The lowest BCUT2D eigenvalue weighted by Crippen LogP contribution is -2.21. The summed E-state index contributed by atoms with van der Waals surface area (Å²) in [5.74, 6) is -1.52. The number of rotatable bonds is 5. The topological polar surface area (TPSA) is 90.8 Å². The molecule has 9 heteroatoms. The molecule has 0 saturated carbocycles. The SMILES string of the molecule is O=C(Nc1ccccc1C(=O)N/N=C\c1cc(Br)cc(Br)c1O)c1ccc(F)cc1. The normalized spacial score (nSPS) is 10.8. The third kappa shape index (κ3) is 5.31. The van der Waals surface area contributed by atoms with Crippen molar-refractivity contribution in [2.45, 2.75) is 0 Å². The number of nitrogens with zero attached hydrogens (tertiary/aromatic N) is 1. The molecule has 3 N–H and O–H groups in total. The van der Waals surface area contributed by atoms with Crippen molar-refractivity contribution < 1.29 is 19.1 Å². The molecular weight excluding hydrogens is 521 g/mol. The Morgan fingerprint density at radius 3 is 2.43 bits per heavy atom. The number of hydrogen-bond donors (Lipinski definition) is 3. The minimum absolute atomic E-state index is 0.0249. The first-order valence-corrected chi connectivity index (χ1v) is 10.1. The highest BCUT2D eigenvalue weighted by atomic mass is 79.9. The summed E-state index contributed by atoms with van der Waals surface area (Å²) < 4.78 is 14.2. The van der Waals surface area contributed by atoms with Crippen LogP contribution in [0.3, 0.4) is 0 Å². The number of carbonyl (C=O) groups is 2. The second-order valence-corrected chi connectivity index (χ2v) is 7.80. The van der Waals surface area contributed by atoms with Crippen molar-refractivity contribution in [3.63, 3.8) is 0 Å². The van der Waals surface area contributed by atoms with Gasteiger partial charge in [-0.15, -0.1) is 0 Å². The standard InChI is InChI=1S/C21H14Br2FN3O3/c22-14-9-13(19(28)17(23)10-14)11-25-27-21(30)16-3-1-2-4-18(16)26-20(29)12-5-7-15(24)8-6-12/h1-11,28H,(H,26,29)(H,27,30)/b25-11-. The number of nitrogens with one attached hydrogen (secondary N) is 2. The molecule has 3 aromatic rings. The van der Waals surface area contributed by atoms with Crippen molar-refractivity contribution in [2.75, 3.05) is 5.32 Å². The Hall–Kier alpha value is -3.04. The van der Waals surface area contributed by atoms with E-state index in [2.05, 4.69) is 47.7 Å². The lowest BCUT2D eigenvalue weighted by molar-refractivity contribution is 0.0956. The first kappa shape index (κ1) is 21.7. The lowest BCUT2D eigenvalue weighted by Gasteiger charge is -2.10. The van der Waals surface area contributed by atoms with Crippen LogP contribution in [0.4, 0.5) is 10.1 Å². The Kier molecular flexibility index (Phi) is 6.96. The fourth-order valence-electron chi connectivity index (χ4n) is 2.49. The summed E-state index contributed by atoms with van der Waals surface area (Å²) in [7, 11) is 0. The van der Waals surface area contributed by atoms with Gasteiger partial charge in [-0.25, -0.2) is 9.82 Å². The first-order valence-electron chi connectivity index (χ1n) is 8.52. The van der Waals surface area contributed by atoms with E-state index in [0.29, 0.717) is 14.5 Å². The van der Waals surface area contributed by atoms with Crippen LogP contribution in [0.5, 0.6) is 5.75 Å². The van der Waals surface area contributed by atoms with E-state index in [1.165, 1.54) is 36.5 Å². The fraction of sp³-hybridized carbons (Fsp3) is 0. The number of phenolic OH excluding ortho intramolecular Hbond substituents is 1. The van der Waals surface area contributed by atoms with E-state index in [-0.39, 0.29) is 22.6 Å². The van der Waals surface area contributed by atoms with Gasteiger partial charge >= 0.3 is 0 Å². The quantitative estimate of drug-likeness (QED) is 0.315. The molecule has 6 nitrogen and oxygen atoms in total. The molecule has 0 aromatic heterocycles. The number of amides is 2. The van der Waals surface area contributed by atoms with Crippen molar-refractivity contribution >= 4 is 55.6 Å². The van der Waals surface area contributed by atoms with Gasteiger partial charge < -0.3 is 10.4 Å². The Morgan fingerprint density at radius 2 is 1.70 bits per heavy atom. The molecule has 0 radical (unpaired) electrons. The highest BCUT2D eigenvalue weighted by Gasteiger charge is 2.14. The van der Waals surface area contributed by atoms with Gasteiger partial charge in [0.25, 0.3) is 11.8 Å². The van der Waals surface area contributed by atoms with Crippen LogP contribution in [0.1, 0.15) is 26.3 Å². The zero-order valence-electron chi connectivity index (χ0n) is 15.2. The van der Waals surface area contributed by atoms with Crippen molar-refractivity contribution in [3.05, 3.63) is 92.1 Å². The summed E-state index contributed by atoms with van der Waals surface area (Å²) in [5, 5.41) is 16.5. The summed E-state index contributed by atoms with van der Waals surface area (Å²) in [4.78, 5) is 24.9. The van der Waals surface area contributed by atoms with Crippen LogP contribution in [0.2, 0.25) is 0 Å². The summed E-state index contributed by atoms with van der Waals surface area (Å²) in [6.45, 7) is 0. The van der Waals surface area contributed by atoms with Gasteiger partial charge in [-0.2, -0.15) is 5.10 Å². The monoisotopic (exact) mass is 533 g/mol. The van der Waals surface area contributed by atoms with E-state index < -0.39 is 17.6 Å². The Morgan fingerprint density at radius 1 is 1.00 bits per heavy atom. The van der Waals surface area contributed by atoms with Crippen LogP contribution >= 0.6 is 31.9 Å². The molecule has 0 fully saturated rings. The van der Waals surface area contributed by atoms with Crippen molar-refractivity contribution in [1.82, 2.24) is 5.43 Å². The van der Waals surface area contributed by atoms with Gasteiger partial charge in [0.1, 0.15) is 11.6 Å². The molecule has 2 amide bonds. The second-order valence-electron chi connectivity index (χ2n) is 6.03. The number of benzene rings is 3.